The molecule has 0 saturated carbocycles. The van der Waals surface area contributed by atoms with Gasteiger partial charge in [-0.25, -0.2) is 4.57 Å². The second-order valence-corrected chi connectivity index (χ2v) is 5.01. The molecule has 0 radical (unpaired) electrons. The van der Waals surface area contributed by atoms with Crippen molar-refractivity contribution < 1.29 is 33.8 Å². The molecule has 0 spiro atoms. The molecule has 0 amide bonds. The molecule has 88 valence electrons. The van der Waals surface area contributed by atoms with Crippen LogP contribution in [0, 0.1) is 0 Å². The maximum Gasteiger partial charge on any atom is 0.469 e. The first-order chi connectivity index (χ1) is 6.64. The Balaban J connectivity index is 2.57. The van der Waals surface area contributed by atoms with Crippen LogP contribution in [0.1, 0.15) is 6.92 Å². The molecule has 15 heavy (non-hydrogen) atoms. The zero-order valence-electron chi connectivity index (χ0n) is 8.40. The van der Waals surface area contributed by atoms with Crippen molar-refractivity contribution in [3.8, 4) is 0 Å². The lowest BCUT2D eigenvalue weighted by Crippen LogP contribution is -2.46. The summed E-state index contributed by atoms with van der Waals surface area (Å²) in [5, 5.41) is 19.3. The fourth-order valence-corrected chi connectivity index (χ4v) is 1.73. The number of hydrogen-bond donors (Lipinski definition) is 4. The highest BCUT2D eigenvalue weighted by Crippen LogP contribution is 2.38. The van der Waals surface area contributed by atoms with Crippen LogP contribution in [0.15, 0.2) is 0 Å². The summed E-state index contributed by atoms with van der Waals surface area (Å²) in [5.74, 6) is 0. The maximum absolute atomic E-state index is 10.4. The molecule has 0 aromatic heterocycles. The van der Waals surface area contributed by atoms with E-state index < -0.39 is 38.2 Å². The van der Waals surface area contributed by atoms with Crippen LogP contribution in [0.4, 0.5) is 0 Å². The first-order valence-corrected chi connectivity index (χ1v) is 5.93. The Morgan fingerprint density at radius 1 is 1.60 bits per heavy atom. The normalized spacial score (nSPS) is 42.1. The van der Waals surface area contributed by atoms with Gasteiger partial charge in [-0.05, 0) is 6.92 Å². The fraction of sp³-hybridized carbons (Fsp3) is 1.00. The minimum atomic E-state index is -4.58. The lowest BCUT2D eigenvalue weighted by molar-refractivity contribution is -0.0465. The quantitative estimate of drug-likeness (QED) is 0.320. The topological polar surface area (TPSA) is 116 Å². The number of phosphoric ester groups is 1. The zero-order valence-corrected chi connectivity index (χ0v) is 9.29. The number of ether oxygens (including phenoxy) is 1. The molecule has 0 aromatic rings. The zero-order chi connectivity index (χ0) is 11.9. The molecule has 9 heteroatoms. The van der Waals surface area contributed by atoms with E-state index in [9.17, 15) is 14.8 Å². The van der Waals surface area contributed by atoms with Crippen molar-refractivity contribution in [1.29, 1.82) is 0 Å². The summed E-state index contributed by atoms with van der Waals surface area (Å²) in [6, 6.07) is -0.627. The third-order valence-electron chi connectivity index (χ3n) is 2.56. The van der Waals surface area contributed by atoms with Crippen LogP contribution < -0.4 is 0 Å². The summed E-state index contributed by atoms with van der Waals surface area (Å²) in [6.07, 6.45) is -2.18. The molecule has 4 N–H and O–H groups in total. The summed E-state index contributed by atoms with van der Waals surface area (Å²) >= 11 is 0. The molecule has 1 saturated heterocycles. The van der Waals surface area contributed by atoms with Gasteiger partial charge in [0.2, 0.25) is 0 Å². The number of aliphatic hydroxyl groups is 2. The van der Waals surface area contributed by atoms with E-state index in [2.05, 4.69) is 4.52 Å². The van der Waals surface area contributed by atoms with Crippen molar-refractivity contribution in [2.75, 3.05) is 6.61 Å². The monoisotopic (exact) mass is 240 g/mol. The Labute approximate surface area is 87.7 Å². The number of phosphoric acid groups is 1. The van der Waals surface area contributed by atoms with E-state index in [1.165, 1.54) is 6.92 Å². The second-order valence-electron chi connectivity index (χ2n) is 3.77. The van der Waals surface area contributed by atoms with Gasteiger partial charge in [0, 0.05) is 0 Å². The first-order valence-electron chi connectivity index (χ1n) is 4.40. The van der Waals surface area contributed by atoms with Crippen LogP contribution in [0.3, 0.4) is 0 Å². The van der Waals surface area contributed by atoms with Gasteiger partial charge in [-0.3, -0.25) is 4.52 Å². The van der Waals surface area contributed by atoms with Crippen molar-refractivity contribution >= 4 is 15.7 Å². The van der Waals surface area contributed by atoms with E-state index in [0.29, 0.717) is 0 Å². The average Bonchev–Trinajstić information content (AvgIpc) is 2.25. The van der Waals surface area contributed by atoms with E-state index in [0.717, 1.165) is 0 Å². The third kappa shape index (κ3) is 3.01. The summed E-state index contributed by atoms with van der Waals surface area (Å²) in [4.78, 5) is 16.9. The SMILES string of the molecule is B[C@@H]1O[C@H](COP(=O)(O)O)[C@@H](O)[C@@]1(C)O. The number of rotatable bonds is 3. The van der Waals surface area contributed by atoms with Gasteiger partial charge < -0.3 is 24.7 Å². The van der Waals surface area contributed by atoms with Gasteiger partial charge in [0.15, 0.2) is 0 Å². The third-order valence-corrected chi connectivity index (χ3v) is 3.05. The van der Waals surface area contributed by atoms with E-state index in [1.807, 2.05) is 0 Å². The lowest BCUT2D eigenvalue weighted by atomic mass is 9.82. The van der Waals surface area contributed by atoms with Gasteiger partial charge in [-0.15, -0.1) is 0 Å². The predicted molar refractivity (Wildman–Crippen MR) is 51.8 cm³/mol. The second kappa shape index (κ2) is 4.14. The van der Waals surface area contributed by atoms with Crippen molar-refractivity contribution in [2.45, 2.75) is 30.7 Å². The van der Waals surface area contributed by atoms with Gasteiger partial charge in [0.25, 0.3) is 0 Å². The smallest absolute Gasteiger partial charge is 0.387 e. The van der Waals surface area contributed by atoms with E-state index in [4.69, 9.17) is 14.5 Å². The standard InChI is InChI=1S/C6H14BO7P/c1-6(9)4(8)3(14-5(6)7)2-13-15(10,11)12/h3-5,8-9H,2,7H2,1H3,(H2,10,11,12)/t3-,4-,5-,6-/m1/s1. The Hall–Kier alpha value is 0.0549. The minimum Gasteiger partial charge on any atom is -0.387 e. The Morgan fingerprint density at radius 3 is 2.47 bits per heavy atom. The Kier molecular flexibility index (Phi) is 3.62. The molecule has 0 unspecified atom stereocenters. The highest BCUT2D eigenvalue weighted by atomic mass is 31.2. The molecule has 1 fully saturated rings. The van der Waals surface area contributed by atoms with Crippen molar-refractivity contribution in [3.63, 3.8) is 0 Å². The number of hydrogen-bond acceptors (Lipinski definition) is 5. The van der Waals surface area contributed by atoms with E-state index >= 15 is 0 Å². The van der Waals surface area contributed by atoms with Crippen LogP contribution >= 0.6 is 7.82 Å². The molecule has 7 nitrogen and oxygen atoms in total. The molecule has 1 aliphatic rings. The van der Waals surface area contributed by atoms with Crippen LogP contribution in [0.5, 0.6) is 0 Å². The Morgan fingerprint density at radius 2 is 2.13 bits per heavy atom. The molecule has 4 atom stereocenters. The molecule has 0 bridgehead atoms. The summed E-state index contributed by atoms with van der Waals surface area (Å²) in [6.45, 7) is 0.922. The lowest BCUT2D eigenvalue weighted by Gasteiger charge is -2.24. The maximum atomic E-state index is 10.4. The van der Waals surface area contributed by atoms with Crippen LogP contribution in [0.25, 0.3) is 0 Å². The first kappa shape index (κ1) is 13.1. The molecule has 0 aromatic carbocycles. The fourth-order valence-electron chi connectivity index (χ4n) is 1.39. The van der Waals surface area contributed by atoms with Gasteiger partial charge in [-0.2, -0.15) is 0 Å². The van der Waals surface area contributed by atoms with Crippen LogP contribution in [0.2, 0.25) is 0 Å². The van der Waals surface area contributed by atoms with Gasteiger partial charge in [0.05, 0.1) is 12.6 Å². The largest absolute Gasteiger partial charge is 0.469 e. The molecule has 1 heterocycles. The van der Waals surface area contributed by atoms with Crippen LogP contribution in [-0.2, 0) is 13.8 Å². The van der Waals surface area contributed by atoms with Gasteiger partial charge in [-0.1, -0.05) is 0 Å². The Bertz CT molecular complexity index is 277. The van der Waals surface area contributed by atoms with Crippen molar-refractivity contribution in [2.24, 2.45) is 0 Å². The van der Waals surface area contributed by atoms with E-state index in [-0.39, 0.29) is 0 Å². The summed E-state index contributed by atoms with van der Waals surface area (Å²) in [7, 11) is -3.02. The highest BCUT2D eigenvalue weighted by molar-refractivity contribution is 7.46. The van der Waals surface area contributed by atoms with Crippen molar-refractivity contribution in [3.05, 3.63) is 0 Å². The predicted octanol–water partition coefficient (Wildman–Crippen LogP) is -2.43. The molecular formula is C6H14BO7P. The average molecular weight is 240 g/mol. The molecular weight excluding hydrogens is 226 g/mol. The van der Waals surface area contributed by atoms with Crippen molar-refractivity contribution in [1.82, 2.24) is 0 Å². The number of aliphatic hydroxyl groups excluding tert-OH is 1. The molecule has 0 aliphatic carbocycles. The molecule has 1 aliphatic heterocycles. The van der Waals surface area contributed by atoms with Crippen LogP contribution in [-0.4, -0.2) is 58.3 Å². The summed E-state index contributed by atoms with van der Waals surface area (Å²) in [5.41, 5.74) is -1.44. The highest BCUT2D eigenvalue weighted by Gasteiger charge is 2.49. The van der Waals surface area contributed by atoms with E-state index in [1.54, 1.807) is 7.85 Å². The van der Waals surface area contributed by atoms with Gasteiger partial charge in [0.1, 0.15) is 25.7 Å². The summed E-state index contributed by atoms with van der Waals surface area (Å²) < 4.78 is 19.7. The minimum absolute atomic E-state index is 0.466. The van der Waals surface area contributed by atoms with Gasteiger partial charge >= 0.3 is 7.82 Å². The molecule has 1 rings (SSSR count).